The minimum Gasteiger partial charge on any atom is -0.364 e. The van der Waals surface area contributed by atoms with Crippen molar-refractivity contribution in [3.05, 3.63) is 59.4 Å². The van der Waals surface area contributed by atoms with E-state index in [2.05, 4.69) is 5.32 Å². The van der Waals surface area contributed by atoms with Crippen LogP contribution in [0.2, 0.25) is 0 Å². The van der Waals surface area contributed by atoms with Gasteiger partial charge >= 0.3 is 5.03 Å². The molecule has 0 spiro atoms. The number of nitrogens with one attached hydrogen (secondary N) is 1. The van der Waals surface area contributed by atoms with E-state index >= 15 is 0 Å². The zero-order valence-corrected chi connectivity index (χ0v) is 12.6. The number of thioether (sulfide) groups is 1. The summed E-state index contributed by atoms with van der Waals surface area (Å²) in [6.07, 6.45) is 0. The number of likely N-dealkylation sites (N-methyl/N-ethyl adjacent to an activating group) is 1. The van der Waals surface area contributed by atoms with Crippen molar-refractivity contribution >= 4 is 23.1 Å². The van der Waals surface area contributed by atoms with Gasteiger partial charge in [-0.3, -0.25) is 30.3 Å². The molecule has 0 unspecified atom stereocenters. The van der Waals surface area contributed by atoms with E-state index in [0.29, 0.717) is 24.9 Å². The maximum absolute atomic E-state index is 11.3. The molecule has 122 valence electrons. The molecule has 0 bridgehead atoms. The summed E-state index contributed by atoms with van der Waals surface area (Å²) in [6.45, 7) is 1.08. The third-order valence-corrected chi connectivity index (χ3v) is 4.15. The van der Waals surface area contributed by atoms with Gasteiger partial charge in [0.1, 0.15) is 0 Å². The topological polar surface area (TPSA) is 145 Å². The van der Waals surface area contributed by atoms with E-state index in [0.717, 1.165) is 18.2 Å². The molecular formula is C11H11N5O6S. The Hall–Kier alpha value is -2.89. The maximum Gasteiger partial charge on any atom is 0.348 e. The van der Waals surface area contributed by atoms with E-state index in [1.165, 1.54) is 0 Å². The lowest BCUT2D eigenvalue weighted by molar-refractivity contribution is -0.412. The highest BCUT2D eigenvalue weighted by atomic mass is 32.2. The highest BCUT2D eigenvalue weighted by Crippen LogP contribution is 2.38. The van der Waals surface area contributed by atoms with Crippen LogP contribution in [0.15, 0.2) is 33.9 Å². The van der Waals surface area contributed by atoms with Crippen LogP contribution in [-0.2, 0) is 0 Å². The van der Waals surface area contributed by atoms with Crippen LogP contribution in [0.25, 0.3) is 0 Å². The number of hydrogen-bond acceptors (Lipinski definition) is 9. The normalized spacial score (nSPS) is 16.0. The average Bonchev–Trinajstić information content (AvgIpc) is 2.90. The van der Waals surface area contributed by atoms with Gasteiger partial charge in [-0.1, -0.05) is 0 Å². The number of nitro benzene ring substituents is 2. The molecule has 0 aliphatic carbocycles. The van der Waals surface area contributed by atoms with E-state index in [4.69, 9.17) is 0 Å². The van der Waals surface area contributed by atoms with Gasteiger partial charge in [0.05, 0.1) is 25.7 Å². The first-order valence-corrected chi connectivity index (χ1v) is 7.07. The molecule has 11 nitrogen and oxygen atoms in total. The average molecular weight is 341 g/mol. The molecule has 12 heteroatoms. The number of nitro groups is 3. The summed E-state index contributed by atoms with van der Waals surface area (Å²) in [6, 6.07) is 3.00. The number of hydrogen-bond donors (Lipinski definition) is 1. The fraction of sp³-hybridized carbons (Fsp3) is 0.273. The van der Waals surface area contributed by atoms with Gasteiger partial charge in [-0.15, -0.1) is 0 Å². The van der Waals surface area contributed by atoms with E-state index in [1.807, 2.05) is 0 Å². The Morgan fingerprint density at radius 2 is 1.91 bits per heavy atom. The summed E-state index contributed by atoms with van der Waals surface area (Å²) in [5.41, 5.74) is -1.00. The number of non-ortho nitro benzene ring substituents is 1. The lowest BCUT2D eigenvalue weighted by Crippen LogP contribution is -2.19. The molecule has 2 rings (SSSR count). The molecule has 1 aliphatic rings. The van der Waals surface area contributed by atoms with Gasteiger partial charge in [-0.05, 0) is 17.8 Å². The minimum absolute atomic E-state index is 0.0399. The molecule has 0 atom stereocenters. The van der Waals surface area contributed by atoms with Crippen molar-refractivity contribution < 1.29 is 14.8 Å². The van der Waals surface area contributed by atoms with E-state index in [1.54, 1.807) is 11.9 Å². The highest BCUT2D eigenvalue weighted by molar-refractivity contribution is 8.03. The molecule has 1 aromatic carbocycles. The minimum atomic E-state index is -0.802. The Bertz CT molecular complexity index is 721. The second kappa shape index (κ2) is 6.48. The zero-order chi connectivity index (χ0) is 17.1. The van der Waals surface area contributed by atoms with E-state index in [9.17, 15) is 30.3 Å². The van der Waals surface area contributed by atoms with Gasteiger partial charge in [0.2, 0.25) is 0 Å². The largest absolute Gasteiger partial charge is 0.364 e. The number of benzene rings is 1. The molecule has 1 fully saturated rings. The number of nitrogens with zero attached hydrogens (tertiary/aromatic N) is 4. The summed E-state index contributed by atoms with van der Waals surface area (Å²) in [4.78, 5) is 32.5. The molecule has 1 N–H and O–H groups in total. The zero-order valence-electron chi connectivity index (χ0n) is 11.8. The van der Waals surface area contributed by atoms with Gasteiger partial charge in [0.15, 0.2) is 5.82 Å². The van der Waals surface area contributed by atoms with Crippen LogP contribution in [0.4, 0.5) is 11.4 Å². The van der Waals surface area contributed by atoms with Crippen molar-refractivity contribution in [3.63, 3.8) is 0 Å². The van der Waals surface area contributed by atoms with Gasteiger partial charge in [-0.25, -0.2) is 0 Å². The predicted molar refractivity (Wildman–Crippen MR) is 80.3 cm³/mol. The Kier molecular flexibility index (Phi) is 4.64. The molecule has 1 heterocycles. The van der Waals surface area contributed by atoms with Gasteiger partial charge < -0.3 is 10.2 Å². The van der Waals surface area contributed by atoms with E-state index < -0.39 is 26.1 Å². The third-order valence-electron chi connectivity index (χ3n) is 3.05. The Morgan fingerprint density at radius 1 is 1.22 bits per heavy atom. The smallest absolute Gasteiger partial charge is 0.348 e. The molecule has 0 radical (unpaired) electrons. The molecule has 0 aromatic heterocycles. The van der Waals surface area contributed by atoms with Crippen LogP contribution in [0.3, 0.4) is 0 Å². The van der Waals surface area contributed by atoms with E-state index in [-0.39, 0.29) is 15.7 Å². The van der Waals surface area contributed by atoms with Crippen LogP contribution in [0, 0.1) is 30.3 Å². The van der Waals surface area contributed by atoms with Gasteiger partial charge in [0.25, 0.3) is 11.4 Å². The predicted octanol–water partition coefficient (Wildman–Crippen LogP) is 1.53. The lowest BCUT2D eigenvalue weighted by Gasteiger charge is -2.11. The molecule has 0 amide bonds. The standard InChI is InChI=1S/C11H11N5O6S/c1-13-5-4-12-10(13)11(16(21)22)23-9-3-2-7(14(17)18)6-8(9)15(19)20/h2-3,6,12H,4-5H2,1H3. The Labute approximate surface area is 133 Å². The first-order chi connectivity index (χ1) is 10.8. The van der Waals surface area contributed by atoms with Crippen LogP contribution >= 0.6 is 11.8 Å². The monoisotopic (exact) mass is 341 g/mol. The second-order valence-electron chi connectivity index (χ2n) is 4.53. The quantitative estimate of drug-likeness (QED) is 0.478. The van der Waals surface area contributed by atoms with Crippen molar-refractivity contribution in [2.75, 3.05) is 20.1 Å². The summed E-state index contributed by atoms with van der Waals surface area (Å²) in [5.74, 6) is 0.257. The second-order valence-corrected chi connectivity index (χ2v) is 5.56. The fourth-order valence-corrected chi connectivity index (χ4v) is 2.93. The van der Waals surface area contributed by atoms with Crippen LogP contribution in [-0.4, -0.2) is 39.8 Å². The first kappa shape index (κ1) is 16.5. The SMILES string of the molecule is CN1CCNC1=C(Sc1ccc([N+](=O)[O-])cc1[N+](=O)[O-])[N+](=O)[O-]. The fourth-order valence-electron chi connectivity index (χ4n) is 1.95. The van der Waals surface area contributed by atoms with Crippen LogP contribution < -0.4 is 5.32 Å². The van der Waals surface area contributed by atoms with Gasteiger partial charge in [0, 0.05) is 26.2 Å². The summed E-state index contributed by atoms with van der Waals surface area (Å²) >= 11 is 0.585. The van der Waals surface area contributed by atoms with Crippen molar-refractivity contribution in [2.24, 2.45) is 0 Å². The van der Waals surface area contributed by atoms with Crippen molar-refractivity contribution in [3.8, 4) is 0 Å². The molecule has 1 aliphatic heterocycles. The summed E-state index contributed by atoms with van der Waals surface area (Å²) < 4.78 is 0. The van der Waals surface area contributed by atoms with Crippen molar-refractivity contribution in [1.29, 1.82) is 0 Å². The maximum atomic E-state index is 11.3. The summed E-state index contributed by atoms with van der Waals surface area (Å²) in [5, 5.41) is 35.6. The van der Waals surface area contributed by atoms with Crippen LogP contribution in [0.1, 0.15) is 0 Å². The van der Waals surface area contributed by atoms with Crippen LogP contribution in [0.5, 0.6) is 0 Å². The molecule has 1 aromatic rings. The Balaban J connectivity index is 2.47. The molecule has 23 heavy (non-hydrogen) atoms. The van der Waals surface area contributed by atoms with Crippen molar-refractivity contribution in [1.82, 2.24) is 10.2 Å². The number of rotatable bonds is 5. The third kappa shape index (κ3) is 3.48. The van der Waals surface area contributed by atoms with Crippen molar-refractivity contribution in [2.45, 2.75) is 4.90 Å². The molecule has 0 saturated carbocycles. The lowest BCUT2D eigenvalue weighted by atomic mass is 10.3. The summed E-state index contributed by atoms with van der Waals surface area (Å²) in [7, 11) is 1.66. The van der Waals surface area contributed by atoms with Gasteiger partial charge in [-0.2, -0.15) is 0 Å². The molecule has 1 saturated heterocycles. The highest BCUT2D eigenvalue weighted by Gasteiger charge is 2.30. The first-order valence-electron chi connectivity index (χ1n) is 6.25. The Morgan fingerprint density at radius 3 is 2.39 bits per heavy atom. The molecular weight excluding hydrogens is 330 g/mol.